The first-order chi connectivity index (χ1) is 16.8. The smallest absolute Gasteiger partial charge is 0.232 e. The van der Waals surface area contributed by atoms with E-state index in [-0.39, 0.29) is 11.8 Å². The van der Waals surface area contributed by atoms with E-state index in [0.29, 0.717) is 56.7 Å². The number of hydrogen-bond acceptors (Lipinski definition) is 5. The molecule has 0 atom stereocenters. The van der Waals surface area contributed by atoms with Crippen LogP contribution in [0.3, 0.4) is 0 Å². The van der Waals surface area contributed by atoms with Crippen LogP contribution >= 0.6 is 0 Å². The number of hydrogen-bond donors (Lipinski definition) is 0. The molecular formula is C28H34N4O3. The average Bonchev–Trinajstić information content (AvgIpc) is 3.36. The number of nitrogens with zero attached hydrogens (tertiary/aromatic N) is 4. The highest BCUT2D eigenvalue weighted by atomic mass is 16.5. The predicted octanol–water partition coefficient (Wildman–Crippen LogP) is 4.44. The molecule has 1 fully saturated rings. The summed E-state index contributed by atoms with van der Waals surface area (Å²) in [6, 6.07) is 18.0. The average molecular weight is 475 g/mol. The molecule has 2 aromatic carbocycles. The van der Waals surface area contributed by atoms with Crippen molar-refractivity contribution in [1.82, 2.24) is 19.9 Å². The first kappa shape index (κ1) is 24.6. The van der Waals surface area contributed by atoms with E-state index in [1.807, 2.05) is 66.1 Å². The van der Waals surface area contributed by atoms with Gasteiger partial charge in [0, 0.05) is 44.6 Å². The van der Waals surface area contributed by atoms with Crippen LogP contribution in [0.4, 0.5) is 0 Å². The third-order valence-corrected chi connectivity index (χ3v) is 6.81. The Kier molecular flexibility index (Phi) is 7.34. The molecule has 0 unspecified atom stereocenters. The molecular weight excluding hydrogens is 440 g/mol. The number of carbonyl (C=O) groups excluding carboxylic acids is 2. The Morgan fingerprint density at radius 3 is 2.20 bits per heavy atom. The highest BCUT2D eigenvalue weighted by molar-refractivity contribution is 5.87. The molecule has 0 N–H and O–H groups in total. The first-order valence-corrected chi connectivity index (χ1v) is 12.3. The molecule has 35 heavy (non-hydrogen) atoms. The monoisotopic (exact) mass is 474 g/mol. The maximum atomic E-state index is 13.2. The van der Waals surface area contributed by atoms with Crippen LogP contribution in [0.5, 0.6) is 0 Å². The van der Waals surface area contributed by atoms with Crippen LogP contribution in [0, 0.1) is 0 Å². The lowest BCUT2D eigenvalue weighted by Gasteiger charge is -2.38. The van der Waals surface area contributed by atoms with Gasteiger partial charge in [0.15, 0.2) is 0 Å². The van der Waals surface area contributed by atoms with Crippen LogP contribution in [-0.2, 0) is 21.4 Å². The fraction of sp³-hybridized carbons (Fsp3) is 0.429. The summed E-state index contributed by atoms with van der Waals surface area (Å²) in [6.45, 7) is 10.4. The van der Waals surface area contributed by atoms with Crippen molar-refractivity contribution in [3.63, 3.8) is 0 Å². The molecule has 2 amide bonds. The van der Waals surface area contributed by atoms with Gasteiger partial charge in [-0.1, -0.05) is 73.6 Å². The largest absolute Gasteiger partial charge is 0.339 e. The molecule has 1 aliphatic heterocycles. The summed E-state index contributed by atoms with van der Waals surface area (Å²) >= 11 is 0. The van der Waals surface area contributed by atoms with E-state index in [2.05, 4.69) is 36.1 Å². The van der Waals surface area contributed by atoms with E-state index < -0.39 is 5.41 Å². The molecule has 0 bridgehead atoms. The topological polar surface area (TPSA) is 79.5 Å². The van der Waals surface area contributed by atoms with Gasteiger partial charge in [0.05, 0.1) is 5.41 Å². The summed E-state index contributed by atoms with van der Waals surface area (Å²) in [6.07, 6.45) is 0.702. The van der Waals surface area contributed by atoms with Gasteiger partial charge in [-0.05, 0) is 30.9 Å². The lowest BCUT2D eigenvalue weighted by molar-refractivity contribution is -0.142. The number of amides is 2. The summed E-state index contributed by atoms with van der Waals surface area (Å²) in [7, 11) is 0. The van der Waals surface area contributed by atoms with Gasteiger partial charge in [-0.3, -0.25) is 9.59 Å². The Hall–Kier alpha value is -3.48. The van der Waals surface area contributed by atoms with Crippen LogP contribution in [0.2, 0.25) is 0 Å². The van der Waals surface area contributed by atoms with Gasteiger partial charge in [0.1, 0.15) is 0 Å². The molecule has 1 aromatic heterocycles. The Morgan fingerprint density at radius 2 is 1.57 bits per heavy atom. The zero-order valence-electron chi connectivity index (χ0n) is 21.0. The van der Waals surface area contributed by atoms with Crippen molar-refractivity contribution in [2.45, 2.75) is 51.9 Å². The Labute approximate surface area is 207 Å². The first-order valence-electron chi connectivity index (χ1n) is 12.3. The van der Waals surface area contributed by atoms with Crippen molar-refractivity contribution >= 4 is 11.8 Å². The van der Waals surface area contributed by atoms with Crippen LogP contribution in [0.15, 0.2) is 59.1 Å². The van der Waals surface area contributed by atoms with Gasteiger partial charge < -0.3 is 14.3 Å². The van der Waals surface area contributed by atoms with E-state index in [1.54, 1.807) is 0 Å². The lowest BCUT2D eigenvalue weighted by atomic mass is 9.83. The number of piperazine rings is 1. The second-order valence-electron chi connectivity index (χ2n) is 9.95. The highest BCUT2D eigenvalue weighted by Crippen LogP contribution is 2.26. The zero-order chi connectivity index (χ0) is 25.0. The van der Waals surface area contributed by atoms with E-state index in [1.165, 1.54) is 5.56 Å². The molecule has 2 heterocycles. The van der Waals surface area contributed by atoms with Crippen LogP contribution < -0.4 is 0 Å². The molecule has 3 aromatic rings. The quantitative estimate of drug-likeness (QED) is 0.506. The van der Waals surface area contributed by atoms with Crippen molar-refractivity contribution in [2.24, 2.45) is 0 Å². The molecule has 4 rings (SSSR count). The van der Waals surface area contributed by atoms with Crippen LogP contribution in [-0.4, -0.2) is 57.9 Å². The Balaban J connectivity index is 1.27. The number of benzene rings is 2. The van der Waals surface area contributed by atoms with E-state index in [9.17, 15) is 9.59 Å². The highest BCUT2D eigenvalue weighted by Gasteiger charge is 2.35. The minimum absolute atomic E-state index is 0.0421. The second kappa shape index (κ2) is 10.4. The summed E-state index contributed by atoms with van der Waals surface area (Å²) in [5.74, 6) is 1.60. The summed E-state index contributed by atoms with van der Waals surface area (Å²) in [5.41, 5.74) is 2.56. The third kappa shape index (κ3) is 5.61. The fourth-order valence-corrected chi connectivity index (χ4v) is 4.40. The van der Waals surface area contributed by atoms with Crippen LogP contribution in [0.25, 0.3) is 11.4 Å². The van der Waals surface area contributed by atoms with Gasteiger partial charge in [-0.15, -0.1) is 0 Å². The maximum Gasteiger partial charge on any atom is 0.232 e. The molecule has 7 heteroatoms. The molecule has 0 saturated carbocycles. The van der Waals surface area contributed by atoms with Crippen molar-refractivity contribution < 1.29 is 14.1 Å². The number of carbonyl (C=O) groups is 2. The fourth-order valence-electron chi connectivity index (χ4n) is 4.40. The minimum Gasteiger partial charge on any atom is -0.339 e. The van der Waals surface area contributed by atoms with Gasteiger partial charge in [0.2, 0.25) is 23.5 Å². The zero-order valence-corrected chi connectivity index (χ0v) is 21.0. The molecule has 0 aliphatic carbocycles. The molecule has 184 valence electrons. The molecule has 0 radical (unpaired) electrons. The standard InChI is InChI=1S/C28H34N4O3/c1-20(2)21-10-12-22(13-11-21)26-29-24(35-30-26)14-15-25(33)31-16-18-32(19-17-31)27(34)28(3,4)23-8-6-5-7-9-23/h5-13,20H,14-19H2,1-4H3. The SMILES string of the molecule is CC(C)c1ccc(-c2noc(CCC(=O)N3CCN(C(=O)C(C)(C)c4ccccc4)CC3)n2)cc1. The van der Waals surface area contributed by atoms with E-state index in [4.69, 9.17) is 4.52 Å². The van der Waals surface area contributed by atoms with Gasteiger partial charge in [0.25, 0.3) is 0 Å². The van der Waals surface area contributed by atoms with Crippen molar-refractivity contribution in [3.05, 3.63) is 71.6 Å². The number of aromatic nitrogens is 2. The second-order valence-corrected chi connectivity index (χ2v) is 9.95. The molecule has 1 aliphatic rings. The normalized spacial score (nSPS) is 14.4. The molecule has 7 nitrogen and oxygen atoms in total. The minimum atomic E-state index is -0.599. The molecule has 1 saturated heterocycles. The predicted molar refractivity (Wildman–Crippen MR) is 135 cm³/mol. The Bertz CT molecular complexity index is 1140. The van der Waals surface area contributed by atoms with Crippen molar-refractivity contribution in [3.8, 4) is 11.4 Å². The Morgan fingerprint density at radius 1 is 0.943 bits per heavy atom. The van der Waals surface area contributed by atoms with Crippen molar-refractivity contribution in [2.75, 3.05) is 26.2 Å². The van der Waals surface area contributed by atoms with Gasteiger partial charge in [-0.25, -0.2) is 0 Å². The summed E-state index contributed by atoms with van der Waals surface area (Å²) in [4.78, 5) is 34.1. The lowest BCUT2D eigenvalue weighted by Crippen LogP contribution is -2.54. The number of rotatable bonds is 7. The summed E-state index contributed by atoms with van der Waals surface area (Å²) < 4.78 is 5.38. The van der Waals surface area contributed by atoms with Crippen LogP contribution in [0.1, 0.15) is 57.1 Å². The van der Waals surface area contributed by atoms with Gasteiger partial charge in [-0.2, -0.15) is 4.98 Å². The van der Waals surface area contributed by atoms with E-state index in [0.717, 1.165) is 11.1 Å². The molecule has 0 spiro atoms. The number of aryl methyl sites for hydroxylation is 1. The third-order valence-electron chi connectivity index (χ3n) is 6.81. The van der Waals surface area contributed by atoms with Crippen molar-refractivity contribution in [1.29, 1.82) is 0 Å². The van der Waals surface area contributed by atoms with Gasteiger partial charge >= 0.3 is 0 Å². The maximum absolute atomic E-state index is 13.2. The summed E-state index contributed by atoms with van der Waals surface area (Å²) in [5, 5.41) is 4.07. The van der Waals surface area contributed by atoms with E-state index >= 15 is 0 Å².